The molecule has 0 saturated heterocycles. The zero-order valence-electron chi connectivity index (χ0n) is 9.93. The molecule has 0 atom stereocenters. The zero-order valence-corrected chi connectivity index (χ0v) is 9.93. The highest BCUT2D eigenvalue weighted by molar-refractivity contribution is 5.80. The van der Waals surface area contributed by atoms with Crippen molar-refractivity contribution in [1.29, 1.82) is 0 Å². The van der Waals surface area contributed by atoms with Gasteiger partial charge in [-0.15, -0.1) is 0 Å². The summed E-state index contributed by atoms with van der Waals surface area (Å²) in [5.74, 6) is -0.344. The Kier molecular flexibility index (Phi) is 5.16. The Bertz CT molecular complexity index is 416. The van der Waals surface area contributed by atoms with Gasteiger partial charge in [0.2, 0.25) is 5.88 Å². The molecule has 1 aromatic heterocycles. The number of hydrogen-bond acceptors (Lipinski definition) is 4. The lowest BCUT2D eigenvalue weighted by Gasteiger charge is -2.08. The van der Waals surface area contributed by atoms with Crippen LogP contribution in [0.5, 0.6) is 5.88 Å². The summed E-state index contributed by atoms with van der Waals surface area (Å²) in [4.78, 5) is 14.5. The Morgan fingerprint density at radius 1 is 1.65 bits per heavy atom. The number of nitrogens with zero attached hydrogens (tertiary/aromatic N) is 1. The topological polar surface area (TPSA) is 71.5 Å². The Labute approximate surface area is 100 Å². The Balaban J connectivity index is 2.48. The highest BCUT2D eigenvalue weighted by Gasteiger charge is 2.02. The number of carbonyl (C=O) groups is 1. The van der Waals surface area contributed by atoms with E-state index in [9.17, 15) is 4.79 Å². The van der Waals surface area contributed by atoms with Gasteiger partial charge < -0.3 is 15.2 Å². The summed E-state index contributed by atoms with van der Waals surface area (Å²) in [7, 11) is 1.57. The van der Waals surface area contributed by atoms with Crippen molar-refractivity contribution in [2.45, 2.75) is 13.5 Å². The van der Waals surface area contributed by atoms with Crippen LogP contribution in [0.4, 0.5) is 0 Å². The standard InChI is InChI=1S/C12H16N2O3/c1-9(6-11(15)16)7-13-8-10-4-3-5-14-12(10)17-2/h3-6,13H,7-8H2,1-2H3,(H,15,16)/b9-6+. The van der Waals surface area contributed by atoms with Crippen LogP contribution in [0.25, 0.3) is 0 Å². The third-order valence-corrected chi connectivity index (χ3v) is 2.13. The van der Waals surface area contributed by atoms with E-state index in [2.05, 4.69) is 10.3 Å². The van der Waals surface area contributed by atoms with Gasteiger partial charge in [-0.25, -0.2) is 9.78 Å². The molecule has 92 valence electrons. The normalized spacial score (nSPS) is 11.3. The van der Waals surface area contributed by atoms with E-state index in [1.807, 2.05) is 12.1 Å². The van der Waals surface area contributed by atoms with Gasteiger partial charge in [0.25, 0.3) is 0 Å². The van der Waals surface area contributed by atoms with Crippen LogP contribution in [0.3, 0.4) is 0 Å². The van der Waals surface area contributed by atoms with Crippen LogP contribution in [0.1, 0.15) is 12.5 Å². The average molecular weight is 236 g/mol. The number of methoxy groups -OCH3 is 1. The van der Waals surface area contributed by atoms with Gasteiger partial charge in [-0.2, -0.15) is 0 Å². The molecule has 0 unspecified atom stereocenters. The first-order valence-electron chi connectivity index (χ1n) is 5.22. The zero-order chi connectivity index (χ0) is 12.7. The molecule has 1 rings (SSSR count). The van der Waals surface area contributed by atoms with Gasteiger partial charge in [-0.05, 0) is 13.0 Å². The first-order chi connectivity index (χ1) is 8.13. The fraction of sp³-hybridized carbons (Fsp3) is 0.333. The smallest absolute Gasteiger partial charge is 0.328 e. The molecule has 0 aliphatic heterocycles. The SMILES string of the molecule is COc1ncccc1CNC/C(C)=C/C(=O)O. The lowest BCUT2D eigenvalue weighted by Crippen LogP contribution is -2.17. The van der Waals surface area contributed by atoms with Crippen molar-refractivity contribution in [2.75, 3.05) is 13.7 Å². The van der Waals surface area contributed by atoms with Crippen molar-refractivity contribution in [3.8, 4) is 5.88 Å². The number of rotatable bonds is 6. The molecule has 17 heavy (non-hydrogen) atoms. The molecule has 0 aliphatic carbocycles. The van der Waals surface area contributed by atoms with E-state index in [1.54, 1.807) is 20.2 Å². The summed E-state index contributed by atoms with van der Waals surface area (Å²) in [5, 5.41) is 11.7. The Hall–Kier alpha value is -1.88. The van der Waals surface area contributed by atoms with Crippen LogP contribution in [0, 0.1) is 0 Å². The van der Waals surface area contributed by atoms with E-state index in [0.29, 0.717) is 19.0 Å². The predicted octanol–water partition coefficient (Wildman–Crippen LogP) is 1.21. The summed E-state index contributed by atoms with van der Waals surface area (Å²) < 4.78 is 5.11. The van der Waals surface area contributed by atoms with Gasteiger partial charge in [0.15, 0.2) is 0 Å². The molecule has 0 spiro atoms. The van der Waals surface area contributed by atoms with E-state index >= 15 is 0 Å². The van der Waals surface area contributed by atoms with Gasteiger partial charge in [0.05, 0.1) is 7.11 Å². The van der Waals surface area contributed by atoms with Crippen molar-refractivity contribution in [1.82, 2.24) is 10.3 Å². The maximum Gasteiger partial charge on any atom is 0.328 e. The lowest BCUT2D eigenvalue weighted by atomic mass is 10.2. The number of carboxylic acids is 1. The van der Waals surface area contributed by atoms with Crippen molar-refractivity contribution in [3.63, 3.8) is 0 Å². The molecule has 0 amide bonds. The van der Waals surface area contributed by atoms with E-state index in [0.717, 1.165) is 11.1 Å². The first kappa shape index (κ1) is 13.2. The molecule has 0 fully saturated rings. The molecular weight excluding hydrogens is 220 g/mol. The third-order valence-electron chi connectivity index (χ3n) is 2.13. The minimum atomic E-state index is -0.928. The first-order valence-corrected chi connectivity index (χ1v) is 5.22. The van der Waals surface area contributed by atoms with Crippen LogP contribution < -0.4 is 10.1 Å². The number of nitrogens with one attached hydrogen (secondary N) is 1. The monoisotopic (exact) mass is 236 g/mol. The van der Waals surface area contributed by atoms with Gasteiger partial charge >= 0.3 is 5.97 Å². The molecule has 1 heterocycles. The van der Waals surface area contributed by atoms with Crippen LogP contribution in [0.2, 0.25) is 0 Å². The second-order valence-corrected chi connectivity index (χ2v) is 3.60. The molecule has 0 bridgehead atoms. The van der Waals surface area contributed by atoms with E-state index in [4.69, 9.17) is 9.84 Å². The second kappa shape index (κ2) is 6.65. The largest absolute Gasteiger partial charge is 0.481 e. The van der Waals surface area contributed by atoms with E-state index in [-0.39, 0.29) is 0 Å². The average Bonchev–Trinajstić information content (AvgIpc) is 2.28. The minimum absolute atomic E-state index is 0.518. The molecule has 1 aromatic rings. The van der Waals surface area contributed by atoms with Crippen molar-refractivity contribution >= 4 is 5.97 Å². The van der Waals surface area contributed by atoms with Crippen LogP contribution in [-0.2, 0) is 11.3 Å². The second-order valence-electron chi connectivity index (χ2n) is 3.60. The molecule has 0 aromatic carbocycles. The summed E-state index contributed by atoms with van der Waals surface area (Å²) >= 11 is 0. The molecule has 0 aliphatic rings. The van der Waals surface area contributed by atoms with E-state index < -0.39 is 5.97 Å². The number of aliphatic carboxylic acids is 1. The van der Waals surface area contributed by atoms with Gasteiger partial charge in [-0.3, -0.25) is 0 Å². The van der Waals surface area contributed by atoms with Crippen molar-refractivity contribution < 1.29 is 14.6 Å². The molecule has 0 saturated carbocycles. The predicted molar refractivity (Wildman–Crippen MR) is 63.9 cm³/mol. The number of ether oxygens (including phenoxy) is 1. The molecule has 2 N–H and O–H groups in total. The van der Waals surface area contributed by atoms with Gasteiger partial charge in [-0.1, -0.05) is 11.6 Å². The molecule has 5 heteroatoms. The summed E-state index contributed by atoms with van der Waals surface area (Å²) in [6, 6.07) is 3.74. The highest BCUT2D eigenvalue weighted by Crippen LogP contribution is 2.12. The molecular formula is C12H16N2O3. The Morgan fingerprint density at radius 3 is 3.06 bits per heavy atom. The van der Waals surface area contributed by atoms with Crippen LogP contribution in [-0.4, -0.2) is 29.7 Å². The summed E-state index contributed by atoms with van der Waals surface area (Å²) in [6.45, 7) is 2.87. The van der Waals surface area contributed by atoms with E-state index in [1.165, 1.54) is 6.08 Å². The quantitative estimate of drug-likeness (QED) is 0.726. The fourth-order valence-electron chi connectivity index (χ4n) is 1.40. The fourth-order valence-corrected chi connectivity index (χ4v) is 1.40. The van der Waals surface area contributed by atoms with Crippen molar-refractivity contribution in [2.24, 2.45) is 0 Å². The van der Waals surface area contributed by atoms with Crippen LogP contribution in [0.15, 0.2) is 30.0 Å². The van der Waals surface area contributed by atoms with Gasteiger partial charge in [0.1, 0.15) is 0 Å². The lowest BCUT2D eigenvalue weighted by molar-refractivity contribution is -0.131. The number of aromatic nitrogens is 1. The third kappa shape index (κ3) is 4.65. The number of pyridine rings is 1. The maximum absolute atomic E-state index is 10.4. The van der Waals surface area contributed by atoms with Gasteiger partial charge in [0, 0.05) is 30.9 Å². The van der Waals surface area contributed by atoms with Crippen molar-refractivity contribution in [3.05, 3.63) is 35.5 Å². The maximum atomic E-state index is 10.4. The molecule has 5 nitrogen and oxygen atoms in total. The number of carboxylic acid groups (broad SMARTS) is 1. The minimum Gasteiger partial charge on any atom is -0.481 e. The summed E-state index contributed by atoms with van der Waals surface area (Å²) in [5.41, 5.74) is 1.71. The van der Waals surface area contributed by atoms with Crippen LogP contribution >= 0.6 is 0 Å². The highest BCUT2D eigenvalue weighted by atomic mass is 16.5. The summed E-state index contributed by atoms with van der Waals surface area (Å²) in [6.07, 6.45) is 2.85. The number of hydrogen-bond donors (Lipinski definition) is 2. The Morgan fingerprint density at radius 2 is 2.41 bits per heavy atom. The molecule has 0 radical (unpaired) electrons.